The molecule has 6 nitrogen and oxygen atoms in total. The number of hydrogen-bond donors (Lipinski definition) is 3. The lowest BCUT2D eigenvalue weighted by Gasteiger charge is -2.17. The van der Waals surface area contributed by atoms with Gasteiger partial charge in [0, 0.05) is 24.5 Å². The molecule has 0 bridgehead atoms. The third-order valence-electron chi connectivity index (χ3n) is 3.15. The van der Waals surface area contributed by atoms with Crippen molar-refractivity contribution in [1.82, 2.24) is 10.4 Å². The van der Waals surface area contributed by atoms with Gasteiger partial charge < -0.3 is 10.1 Å². The number of aromatic nitrogens is 1. The van der Waals surface area contributed by atoms with Crippen molar-refractivity contribution >= 4 is 12.1 Å². The van der Waals surface area contributed by atoms with Crippen molar-refractivity contribution in [2.75, 3.05) is 12.4 Å². The van der Waals surface area contributed by atoms with Gasteiger partial charge >= 0.3 is 6.18 Å². The minimum absolute atomic E-state index is 0.0794. The number of rotatable bonds is 5. The Balaban J connectivity index is 0.000000705. The van der Waals surface area contributed by atoms with Crippen LogP contribution in [-0.2, 0) is 17.6 Å². The van der Waals surface area contributed by atoms with Crippen LogP contribution in [0.1, 0.15) is 16.8 Å². The first-order valence-electron chi connectivity index (χ1n) is 7.16. The van der Waals surface area contributed by atoms with E-state index in [-0.39, 0.29) is 12.2 Å². The van der Waals surface area contributed by atoms with E-state index >= 15 is 0 Å². The Morgan fingerprint density at radius 3 is 2.48 bits per heavy atom. The zero-order valence-electron chi connectivity index (χ0n) is 13.7. The molecule has 1 aromatic heterocycles. The van der Waals surface area contributed by atoms with E-state index in [1.807, 2.05) is 0 Å². The molecule has 25 heavy (non-hydrogen) atoms. The standard InChI is InChI=1S/C15H15F3N2O.CH4N2O/c1-10-14(7-4-8-20-10)21-9-11-12(15(16,17)18)5-3-6-13(11)19-2;2-3-1-4/h3-8,19H,9H2,1-2H3;1H,2H2,(H,3,4). The number of hydrogen-bond acceptors (Lipinski definition) is 5. The van der Waals surface area contributed by atoms with Crippen molar-refractivity contribution in [3.8, 4) is 5.75 Å². The lowest BCUT2D eigenvalue weighted by molar-refractivity contribution is -0.138. The maximum absolute atomic E-state index is 13.1. The van der Waals surface area contributed by atoms with Gasteiger partial charge in [-0.05, 0) is 31.2 Å². The van der Waals surface area contributed by atoms with Crippen LogP contribution < -0.4 is 21.3 Å². The summed E-state index contributed by atoms with van der Waals surface area (Å²) in [5.41, 5.74) is 2.16. The number of nitrogens with zero attached hydrogens (tertiary/aromatic N) is 1. The third-order valence-corrected chi connectivity index (χ3v) is 3.15. The van der Waals surface area contributed by atoms with Gasteiger partial charge in [-0.2, -0.15) is 13.2 Å². The third kappa shape index (κ3) is 5.96. The summed E-state index contributed by atoms with van der Waals surface area (Å²) in [7, 11) is 1.58. The molecule has 4 N–H and O–H groups in total. The van der Waals surface area contributed by atoms with Gasteiger partial charge in [-0.3, -0.25) is 15.2 Å². The van der Waals surface area contributed by atoms with Crippen molar-refractivity contribution in [3.63, 3.8) is 0 Å². The quantitative estimate of drug-likeness (QED) is 0.332. The van der Waals surface area contributed by atoms with Crippen LogP contribution in [0.2, 0.25) is 0 Å². The lowest BCUT2D eigenvalue weighted by Crippen LogP contribution is -2.18. The molecule has 1 heterocycles. The summed E-state index contributed by atoms with van der Waals surface area (Å²) in [5, 5.41) is 2.76. The second kappa shape index (κ2) is 9.48. The summed E-state index contributed by atoms with van der Waals surface area (Å²) in [4.78, 5) is 13.0. The molecule has 0 aliphatic carbocycles. The van der Waals surface area contributed by atoms with Gasteiger partial charge in [-0.25, -0.2) is 5.84 Å². The lowest BCUT2D eigenvalue weighted by atomic mass is 10.1. The molecule has 9 heteroatoms. The zero-order valence-corrected chi connectivity index (χ0v) is 13.7. The molecule has 0 saturated heterocycles. The zero-order chi connectivity index (χ0) is 18.9. The normalized spacial score (nSPS) is 10.3. The van der Waals surface area contributed by atoms with E-state index in [1.54, 1.807) is 43.8 Å². The number of halogens is 3. The summed E-state index contributed by atoms with van der Waals surface area (Å²) >= 11 is 0. The Hall–Kier alpha value is -2.81. The van der Waals surface area contributed by atoms with E-state index in [0.29, 0.717) is 23.5 Å². The number of pyridine rings is 1. The molecule has 0 atom stereocenters. The highest BCUT2D eigenvalue weighted by Gasteiger charge is 2.34. The minimum atomic E-state index is -4.42. The van der Waals surface area contributed by atoms with Crippen molar-refractivity contribution in [3.05, 3.63) is 53.3 Å². The van der Waals surface area contributed by atoms with Crippen molar-refractivity contribution in [1.29, 1.82) is 0 Å². The number of anilines is 1. The number of ether oxygens (including phenoxy) is 1. The Kier molecular flexibility index (Phi) is 7.67. The predicted octanol–water partition coefficient (Wildman–Crippen LogP) is 2.64. The summed E-state index contributed by atoms with van der Waals surface area (Å²) in [6.07, 6.45) is -2.42. The molecule has 0 spiro atoms. The fraction of sp³-hybridized carbons (Fsp3) is 0.250. The molecule has 0 saturated carbocycles. The van der Waals surface area contributed by atoms with Crippen LogP contribution in [-0.4, -0.2) is 18.4 Å². The summed E-state index contributed by atoms with van der Waals surface area (Å²) in [5.74, 6) is 4.88. The number of carbonyl (C=O) groups is 1. The Labute approximate surface area is 143 Å². The van der Waals surface area contributed by atoms with Crippen LogP contribution in [0.15, 0.2) is 36.5 Å². The maximum Gasteiger partial charge on any atom is 0.416 e. The van der Waals surface area contributed by atoms with Crippen LogP contribution in [0.5, 0.6) is 5.75 Å². The molecule has 2 rings (SSSR count). The van der Waals surface area contributed by atoms with Crippen molar-refractivity contribution in [2.45, 2.75) is 19.7 Å². The number of amides is 1. The molecular formula is C16H19F3N4O2. The van der Waals surface area contributed by atoms with E-state index in [1.165, 1.54) is 6.07 Å². The predicted molar refractivity (Wildman–Crippen MR) is 87.7 cm³/mol. The molecule has 1 aromatic carbocycles. The molecule has 1 amide bonds. The van der Waals surface area contributed by atoms with Crippen LogP contribution >= 0.6 is 0 Å². The van der Waals surface area contributed by atoms with Gasteiger partial charge in [0.15, 0.2) is 0 Å². The number of benzene rings is 1. The first-order chi connectivity index (χ1) is 11.8. The second-order valence-electron chi connectivity index (χ2n) is 4.74. The molecule has 0 fully saturated rings. The van der Waals surface area contributed by atoms with E-state index in [0.717, 1.165) is 6.07 Å². The van der Waals surface area contributed by atoms with Crippen molar-refractivity contribution < 1.29 is 22.7 Å². The first kappa shape index (κ1) is 20.2. The molecule has 0 aliphatic heterocycles. The number of alkyl halides is 3. The maximum atomic E-state index is 13.1. The highest BCUT2D eigenvalue weighted by molar-refractivity contribution is 5.55. The minimum Gasteiger partial charge on any atom is -0.487 e. The Bertz CT molecular complexity index is 693. The van der Waals surface area contributed by atoms with Crippen LogP contribution in [0.25, 0.3) is 0 Å². The number of aryl methyl sites for hydroxylation is 1. The van der Waals surface area contributed by atoms with E-state index in [4.69, 9.17) is 9.53 Å². The monoisotopic (exact) mass is 356 g/mol. The fourth-order valence-corrected chi connectivity index (χ4v) is 2.01. The van der Waals surface area contributed by atoms with Gasteiger partial charge in [-0.15, -0.1) is 0 Å². The Morgan fingerprint density at radius 2 is 1.96 bits per heavy atom. The van der Waals surface area contributed by atoms with E-state index in [9.17, 15) is 13.2 Å². The molecule has 0 aliphatic rings. The van der Waals surface area contributed by atoms with Crippen LogP contribution in [0.4, 0.5) is 18.9 Å². The number of carbonyl (C=O) groups excluding carboxylic acids is 1. The van der Waals surface area contributed by atoms with Gasteiger partial charge in [0.25, 0.3) is 0 Å². The summed E-state index contributed by atoms with van der Waals surface area (Å²) in [6, 6.07) is 7.36. The van der Waals surface area contributed by atoms with Gasteiger partial charge in [-0.1, -0.05) is 6.07 Å². The molecule has 0 unspecified atom stereocenters. The molecule has 136 valence electrons. The van der Waals surface area contributed by atoms with Gasteiger partial charge in [0.1, 0.15) is 12.4 Å². The highest BCUT2D eigenvalue weighted by Crippen LogP contribution is 2.35. The molecular weight excluding hydrogens is 337 g/mol. The van der Waals surface area contributed by atoms with Crippen molar-refractivity contribution in [2.24, 2.45) is 5.84 Å². The number of hydrazine groups is 1. The second-order valence-corrected chi connectivity index (χ2v) is 4.74. The van der Waals surface area contributed by atoms with Gasteiger partial charge in [0.05, 0.1) is 11.3 Å². The number of nitrogens with one attached hydrogen (secondary N) is 2. The number of nitrogens with two attached hydrogens (primary N) is 1. The average molecular weight is 356 g/mol. The van der Waals surface area contributed by atoms with E-state index < -0.39 is 11.7 Å². The largest absolute Gasteiger partial charge is 0.487 e. The first-order valence-corrected chi connectivity index (χ1v) is 7.16. The SMILES string of the molecule is CNc1cccc(C(F)(F)F)c1COc1cccnc1C.NNC=O. The molecule has 0 radical (unpaired) electrons. The summed E-state index contributed by atoms with van der Waals surface area (Å²) in [6.45, 7) is 1.56. The Morgan fingerprint density at radius 1 is 1.28 bits per heavy atom. The van der Waals surface area contributed by atoms with Crippen LogP contribution in [0, 0.1) is 6.92 Å². The topological polar surface area (TPSA) is 89.3 Å². The van der Waals surface area contributed by atoms with Gasteiger partial charge in [0.2, 0.25) is 6.41 Å². The smallest absolute Gasteiger partial charge is 0.416 e. The summed E-state index contributed by atoms with van der Waals surface area (Å²) < 4.78 is 44.7. The van der Waals surface area contributed by atoms with Crippen LogP contribution in [0.3, 0.4) is 0 Å². The fourth-order valence-electron chi connectivity index (χ4n) is 2.01. The van der Waals surface area contributed by atoms with E-state index in [2.05, 4.69) is 16.1 Å². The highest BCUT2D eigenvalue weighted by atomic mass is 19.4. The molecule has 2 aromatic rings. The average Bonchev–Trinajstić information content (AvgIpc) is 2.60.